The van der Waals surface area contributed by atoms with Crippen LogP contribution in [0.1, 0.15) is 24.8 Å². The third-order valence-electron chi connectivity index (χ3n) is 3.00. The van der Waals surface area contributed by atoms with Crippen molar-refractivity contribution in [2.75, 3.05) is 18.0 Å². The van der Waals surface area contributed by atoms with E-state index in [1.165, 1.54) is 24.9 Å². The number of benzene rings is 1. The van der Waals surface area contributed by atoms with E-state index in [0.717, 1.165) is 23.7 Å². The molecule has 0 aromatic heterocycles. The van der Waals surface area contributed by atoms with Crippen LogP contribution in [0.5, 0.6) is 0 Å². The van der Waals surface area contributed by atoms with Crippen molar-refractivity contribution in [1.82, 2.24) is 0 Å². The fraction of sp³-hybridized carbons (Fsp3) is 0.500. The molecule has 82 valence electrons. The van der Waals surface area contributed by atoms with Gasteiger partial charge in [0.1, 0.15) is 0 Å². The average molecular weight is 225 g/mol. The molecular formula is C12H17ClN2. The molecule has 2 nitrogen and oxygen atoms in total. The van der Waals surface area contributed by atoms with Gasteiger partial charge in [0.2, 0.25) is 0 Å². The Morgan fingerprint density at radius 2 is 1.93 bits per heavy atom. The van der Waals surface area contributed by atoms with Gasteiger partial charge in [0, 0.05) is 35.9 Å². The van der Waals surface area contributed by atoms with Crippen molar-refractivity contribution in [3.05, 3.63) is 28.8 Å². The van der Waals surface area contributed by atoms with Crippen LogP contribution in [-0.2, 0) is 6.54 Å². The fourth-order valence-corrected chi connectivity index (χ4v) is 2.43. The van der Waals surface area contributed by atoms with Crippen molar-refractivity contribution < 1.29 is 0 Å². The Bertz CT molecular complexity index is 332. The molecule has 0 aliphatic carbocycles. The van der Waals surface area contributed by atoms with Crippen molar-refractivity contribution in [1.29, 1.82) is 0 Å². The van der Waals surface area contributed by atoms with Crippen molar-refractivity contribution >= 4 is 17.3 Å². The first-order valence-electron chi connectivity index (χ1n) is 5.55. The molecule has 1 fully saturated rings. The lowest BCUT2D eigenvalue weighted by molar-refractivity contribution is 0.576. The second-order valence-corrected chi connectivity index (χ2v) is 4.40. The number of nitrogens with two attached hydrogens (primary N) is 1. The second kappa shape index (κ2) is 4.86. The highest BCUT2D eigenvalue weighted by Crippen LogP contribution is 2.29. The van der Waals surface area contributed by atoms with Crippen LogP contribution < -0.4 is 10.6 Å². The van der Waals surface area contributed by atoms with Crippen LogP contribution in [0.3, 0.4) is 0 Å². The summed E-state index contributed by atoms with van der Waals surface area (Å²) in [6, 6.07) is 6.04. The van der Waals surface area contributed by atoms with E-state index in [1.54, 1.807) is 0 Å². The van der Waals surface area contributed by atoms with E-state index in [-0.39, 0.29) is 0 Å². The maximum Gasteiger partial charge on any atom is 0.0471 e. The van der Waals surface area contributed by atoms with E-state index in [9.17, 15) is 0 Å². The molecule has 1 aliphatic rings. The normalized spacial score (nSPS) is 16.8. The third-order valence-corrected chi connectivity index (χ3v) is 3.35. The van der Waals surface area contributed by atoms with Crippen molar-refractivity contribution in [3.63, 3.8) is 0 Å². The molecular weight excluding hydrogens is 208 g/mol. The highest BCUT2D eigenvalue weighted by molar-refractivity contribution is 6.31. The van der Waals surface area contributed by atoms with Gasteiger partial charge < -0.3 is 10.6 Å². The molecule has 1 aromatic rings. The molecule has 0 unspecified atom stereocenters. The summed E-state index contributed by atoms with van der Waals surface area (Å²) in [7, 11) is 0. The number of halogens is 1. The lowest BCUT2D eigenvalue weighted by atomic mass is 10.1. The second-order valence-electron chi connectivity index (χ2n) is 3.99. The summed E-state index contributed by atoms with van der Waals surface area (Å²) in [6.45, 7) is 2.78. The van der Waals surface area contributed by atoms with Crippen molar-refractivity contribution in [2.45, 2.75) is 25.8 Å². The minimum Gasteiger partial charge on any atom is -0.371 e. The molecule has 0 spiro atoms. The molecule has 2 rings (SSSR count). The Morgan fingerprint density at radius 1 is 1.20 bits per heavy atom. The Balaban J connectivity index is 2.29. The molecule has 0 atom stereocenters. The van der Waals surface area contributed by atoms with Crippen molar-refractivity contribution in [2.24, 2.45) is 5.73 Å². The van der Waals surface area contributed by atoms with Gasteiger partial charge in [-0.25, -0.2) is 0 Å². The van der Waals surface area contributed by atoms with Gasteiger partial charge in [0.25, 0.3) is 0 Å². The maximum atomic E-state index is 6.14. The lowest BCUT2D eigenvalue weighted by Crippen LogP contribution is -2.30. The highest BCUT2D eigenvalue weighted by atomic mass is 35.5. The van der Waals surface area contributed by atoms with E-state index in [4.69, 9.17) is 17.3 Å². The maximum absolute atomic E-state index is 6.14. The minimum absolute atomic E-state index is 0.519. The molecule has 0 amide bonds. The van der Waals surface area contributed by atoms with Gasteiger partial charge in [-0.2, -0.15) is 0 Å². The van der Waals surface area contributed by atoms with Crippen LogP contribution in [0, 0.1) is 0 Å². The van der Waals surface area contributed by atoms with Crippen LogP contribution >= 0.6 is 11.6 Å². The Morgan fingerprint density at radius 3 is 2.60 bits per heavy atom. The topological polar surface area (TPSA) is 29.3 Å². The number of hydrogen-bond acceptors (Lipinski definition) is 2. The quantitative estimate of drug-likeness (QED) is 0.837. The van der Waals surface area contributed by atoms with Crippen LogP contribution in [0.25, 0.3) is 0 Å². The molecule has 0 saturated carbocycles. The standard InChI is InChI=1S/C12H17ClN2/c13-11-5-4-6-12(10(11)9-14)15-7-2-1-3-8-15/h4-6H,1-3,7-9,14H2. The monoisotopic (exact) mass is 224 g/mol. The number of rotatable bonds is 2. The van der Waals surface area contributed by atoms with Crippen LogP contribution in [0.2, 0.25) is 5.02 Å². The SMILES string of the molecule is NCc1c(Cl)cccc1N1CCCCC1. The van der Waals surface area contributed by atoms with Gasteiger partial charge in [-0.1, -0.05) is 17.7 Å². The lowest BCUT2D eigenvalue weighted by Gasteiger charge is -2.30. The van der Waals surface area contributed by atoms with Gasteiger partial charge in [-0.3, -0.25) is 0 Å². The zero-order valence-electron chi connectivity index (χ0n) is 8.88. The summed E-state index contributed by atoms with van der Waals surface area (Å²) >= 11 is 6.14. The first-order chi connectivity index (χ1) is 7.33. The van der Waals surface area contributed by atoms with E-state index < -0.39 is 0 Å². The predicted octanol–water partition coefficient (Wildman–Crippen LogP) is 2.79. The van der Waals surface area contributed by atoms with E-state index >= 15 is 0 Å². The molecule has 1 heterocycles. The third kappa shape index (κ3) is 2.27. The number of nitrogens with zero attached hydrogens (tertiary/aromatic N) is 1. The highest BCUT2D eigenvalue weighted by Gasteiger charge is 2.14. The van der Waals surface area contributed by atoms with Crippen LogP contribution in [0.15, 0.2) is 18.2 Å². The Labute approximate surface area is 96.0 Å². The molecule has 15 heavy (non-hydrogen) atoms. The Kier molecular flexibility index (Phi) is 3.49. The minimum atomic E-state index is 0.519. The Hall–Kier alpha value is -0.730. The van der Waals surface area contributed by atoms with Crippen LogP contribution in [-0.4, -0.2) is 13.1 Å². The number of hydrogen-bond donors (Lipinski definition) is 1. The molecule has 0 radical (unpaired) electrons. The first kappa shape index (κ1) is 10.8. The molecule has 1 saturated heterocycles. The summed E-state index contributed by atoms with van der Waals surface area (Å²) in [5.74, 6) is 0. The summed E-state index contributed by atoms with van der Waals surface area (Å²) in [5, 5.41) is 0.792. The summed E-state index contributed by atoms with van der Waals surface area (Å²) in [4.78, 5) is 2.40. The van der Waals surface area contributed by atoms with E-state index in [0.29, 0.717) is 6.54 Å². The van der Waals surface area contributed by atoms with Crippen molar-refractivity contribution in [3.8, 4) is 0 Å². The van der Waals surface area contributed by atoms with Gasteiger partial charge in [0.15, 0.2) is 0 Å². The van der Waals surface area contributed by atoms with E-state index in [1.807, 2.05) is 12.1 Å². The molecule has 0 bridgehead atoms. The zero-order chi connectivity index (χ0) is 10.7. The summed E-state index contributed by atoms with van der Waals surface area (Å²) < 4.78 is 0. The number of piperidine rings is 1. The van der Waals surface area contributed by atoms with Gasteiger partial charge in [0.05, 0.1) is 0 Å². The molecule has 3 heteroatoms. The van der Waals surface area contributed by atoms with Gasteiger partial charge in [-0.15, -0.1) is 0 Å². The van der Waals surface area contributed by atoms with Gasteiger partial charge >= 0.3 is 0 Å². The zero-order valence-corrected chi connectivity index (χ0v) is 9.63. The van der Waals surface area contributed by atoms with Crippen LogP contribution in [0.4, 0.5) is 5.69 Å². The smallest absolute Gasteiger partial charge is 0.0471 e. The number of anilines is 1. The first-order valence-corrected chi connectivity index (χ1v) is 5.93. The average Bonchev–Trinajstić information content (AvgIpc) is 2.30. The molecule has 1 aromatic carbocycles. The van der Waals surface area contributed by atoms with E-state index in [2.05, 4.69) is 11.0 Å². The predicted molar refractivity (Wildman–Crippen MR) is 65.4 cm³/mol. The van der Waals surface area contributed by atoms with Gasteiger partial charge in [-0.05, 0) is 31.4 Å². The summed E-state index contributed by atoms with van der Waals surface area (Å²) in [5.41, 5.74) is 8.06. The summed E-state index contributed by atoms with van der Waals surface area (Å²) in [6.07, 6.45) is 3.89. The fourth-order valence-electron chi connectivity index (χ4n) is 2.18. The molecule has 1 aliphatic heterocycles. The largest absolute Gasteiger partial charge is 0.371 e. The molecule has 2 N–H and O–H groups in total.